The van der Waals surface area contributed by atoms with Crippen LogP contribution in [0.3, 0.4) is 0 Å². The molecule has 10 heteroatoms. The zero-order valence-electron chi connectivity index (χ0n) is 17.9. The van der Waals surface area contributed by atoms with Gasteiger partial charge in [0.1, 0.15) is 10.8 Å². The number of carbonyl (C=O) groups excluding carboxylic acids is 2. The van der Waals surface area contributed by atoms with Gasteiger partial charge in [0, 0.05) is 22.6 Å². The second-order valence-electron chi connectivity index (χ2n) is 7.21. The maximum absolute atomic E-state index is 13.3. The van der Waals surface area contributed by atoms with Gasteiger partial charge >= 0.3 is 0 Å². The van der Waals surface area contributed by atoms with Crippen molar-refractivity contribution in [2.45, 2.75) is 6.04 Å². The topological polar surface area (TPSA) is 89.0 Å². The Morgan fingerprint density at radius 2 is 1.65 bits per heavy atom. The lowest BCUT2D eigenvalue weighted by Crippen LogP contribution is -2.29. The summed E-state index contributed by atoms with van der Waals surface area (Å²) in [7, 11) is 2.74. The number of hydrogen-bond acceptors (Lipinski definition) is 6. The highest BCUT2D eigenvalue weighted by atomic mass is 79.9. The molecule has 34 heavy (non-hydrogen) atoms. The van der Waals surface area contributed by atoms with Gasteiger partial charge in [0.15, 0.2) is 11.5 Å². The summed E-state index contributed by atoms with van der Waals surface area (Å²) in [5, 5.41) is 11.5. The average Bonchev–Trinajstić information content (AvgIpc) is 3.10. The number of aliphatic hydroxyl groups is 1. The molecule has 0 saturated carbocycles. The van der Waals surface area contributed by atoms with Crippen molar-refractivity contribution < 1.29 is 24.2 Å². The van der Waals surface area contributed by atoms with Crippen LogP contribution >= 0.6 is 39.1 Å². The molecule has 1 aromatic heterocycles. The van der Waals surface area contributed by atoms with E-state index in [1.54, 1.807) is 48.8 Å². The minimum absolute atomic E-state index is 0.0154. The largest absolute Gasteiger partial charge is 0.507 e. The van der Waals surface area contributed by atoms with Crippen molar-refractivity contribution in [3.63, 3.8) is 0 Å². The highest BCUT2D eigenvalue weighted by molar-refractivity contribution is 9.10. The Morgan fingerprint density at radius 1 is 1.03 bits per heavy atom. The molecule has 0 bridgehead atoms. The Bertz CT molecular complexity index is 1310. The number of Topliss-reactive ketones (excluding diaryl/α,β-unsaturated/α-hetero) is 1. The van der Waals surface area contributed by atoms with E-state index in [2.05, 4.69) is 20.9 Å². The van der Waals surface area contributed by atoms with Crippen molar-refractivity contribution in [2.24, 2.45) is 0 Å². The number of aliphatic hydroxyl groups excluding tert-OH is 1. The molecule has 1 amide bonds. The third-order valence-electron chi connectivity index (χ3n) is 5.37. The van der Waals surface area contributed by atoms with Gasteiger partial charge in [-0.2, -0.15) is 0 Å². The van der Waals surface area contributed by atoms with Crippen LogP contribution in [-0.2, 0) is 9.59 Å². The molecule has 2 heterocycles. The third-order valence-corrected chi connectivity index (χ3v) is 6.52. The lowest BCUT2D eigenvalue weighted by Gasteiger charge is -2.25. The molecule has 3 aromatic rings. The van der Waals surface area contributed by atoms with E-state index < -0.39 is 23.5 Å². The predicted molar refractivity (Wildman–Crippen MR) is 133 cm³/mol. The van der Waals surface area contributed by atoms with Crippen LogP contribution in [0.4, 0.5) is 5.69 Å². The van der Waals surface area contributed by atoms with Crippen LogP contribution in [0.15, 0.2) is 64.9 Å². The molecule has 7 nitrogen and oxygen atoms in total. The molecule has 1 atom stereocenters. The summed E-state index contributed by atoms with van der Waals surface area (Å²) in [6.45, 7) is 0. The number of amides is 1. The van der Waals surface area contributed by atoms with E-state index in [4.69, 9.17) is 32.7 Å². The smallest absolute Gasteiger partial charge is 0.300 e. The van der Waals surface area contributed by atoms with Gasteiger partial charge < -0.3 is 14.6 Å². The first-order chi connectivity index (χ1) is 16.3. The number of rotatable bonds is 5. The monoisotopic (exact) mass is 562 g/mol. The second kappa shape index (κ2) is 9.66. The van der Waals surface area contributed by atoms with Crippen LogP contribution in [0.25, 0.3) is 5.76 Å². The number of pyridine rings is 1. The zero-order valence-corrected chi connectivity index (χ0v) is 21.0. The molecule has 4 rings (SSSR count). The molecule has 1 aliphatic rings. The van der Waals surface area contributed by atoms with Gasteiger partial charge in [-0.25, -0.2) is 0 Å². The molecular formula is C24H17BrCl2N2O5. The number of ketones is 1. The van der Waals surface area contributed by atoms with Crippen LogP contribution in [0, 0.1) is 0 Å². The summed E-state index contributed by atoms with van der Waals surface area (Å²) >= 11 is 16.1. The molecule has 0 spiro atoms. The second-order valence-corrected chi connectivity index (χ2v) is 8.91. The standard InChI is InChI=1S/C24H17BrCl2N2O5/c1-33-22-15(11-16(26)23(34-2)18(22)27)20(30)17-19(12-7-9-28-10-8-12)29(24(32)21(17)31)14-5-3-13(25)4-6-14/h3-11,19,30H,1-2H3/b20-17+. The maximum atomic E-state index is 13.3. The molecule has 1 fully saturated rings. The quantitative estimate of drug-likeness (QED) is 0.240. The normalized spacial score (nSPS) is 17.2. The van der Waals surface area contributed by atoms with Crippen molar-refractivity contribution in [3.05, 3.63) is 86.1 Å². The van der Waals surface area contributed by atoms with Gasteiger partial charge in [0.2, 0.25) is 0 Å². The number of anilines is 1. The fraction of sp³-hybridized carbons (Fsp3) is 0.125. The molecule has 174 valence electrons. The van der Waals surface area contributed by atoms with Gasteiger partial charge in [0.05, 0.1) is 36.4 Å². The summed E-state index contributed by atoms with van der Waals surface area (Å²) in [6, 6.07) is 10.7. The highest BCUT2D eigenvalue weighted by Gasteiger charge is 2.47. The highest BCUT2D eigenvalue weighted by Crippen LogP contribution is 2.48. The predicted octanol–water partition coefficient (Wildman–Crippen LogP) is 5.79. The van der Waals surface area contributed by atoms with Gasteiger partial charge in [-0.1, -0.05) is 39.1 Å². The average molecular weight is 564 g/mol. The van der Waals surface area contributed by atoms with Crippen LogP contribution in [0.5, 0.6) is 11.5 Å². The minimum atomic E-state index is -0.937. The van der Waals surface area contributed by atoms with E-state index in [0.29, 0.717) is 11.3 Å². The first kappa shape index (κ1) is 24.1. The Kier molecular flexibility index (Phi) is 6.84. The molecule has 2 aromatic carbocycles. The van der Waals surface area contributed by atoms with E-state index >= 15 is 0 Å². The Balaban J connectivity index is 2.00. The molecule has 1 saturated heterocycles. The number of hydrogen-bond donors (Lipinski definition) is 1. The molecule has 0 radical (unpaired) electrons. The molecular weight excluding hydrogens is 547 g/mol. The number of aromatic nitrogens is 1. The molecule has 0 aliphatic carbocycles. The lowest BCUT2D eigenvalue weighted by molar-refractivity contribution is -0.132. The summed E-state index contributed by atoms with van der Waals surface area (Å²) in [5.41, 5.74) is 0.952. The summed E-state index contributed by atoms with van der Waals surface area (Å²) in [4.78, 5) is 31.8. The first-order valence-electron chi connectivity index (χ1n) is 9.87. The number of nitrogens with zero attached hydrogens (tertiary/aromatic N) is 2. The van der Waals surface area contributed by atoms with E-state index in [1.165, 1.54) is 25.2 Å². The first-order valence-corrected chi connectivity index (χ1v) is 11.4. The van der Waals surface area contributed by atoms with Gasteiger partial charge in [0.25, 0.3) is 11.7 Å². The van der Waals surface area contributed by atoms with Crippen LogP contribution in [0.2, 0.25) is 10.0 Å². The molecule has 1 N–H and O–H groups in total. The van der Waals surface area contributed by atoms with Crippen molar-refractivity contribution in [2.75, 3.05) is 19.1 Å². The fourth-order valence-corrected chi connectivity index (χ4v) is 4.80. The fourth-order valence-electron chi connectivity index (χ4n) is 3.85. The molecule has 1 aliphatic heterocycles. The van der Waals surface area contributed by atoms with Crippen LogP contribution in [-0.4, -0.2) is 36.0 Å². The number of ether oxygens (including phenoxy) is 2. The van der Waals surface area contributed by atoms with Crippen molar-refractivity contribution >= 4 is 62.3 Å². The Labute approximate surface area is 213 Å². The Morgan fingerprint density at radius 3 is 2.24 bits per heavy atom. The number of carbonyl (C=O) groups is 2. The SMILES string of the molecule is COc1c(Cl)cc(/C(O)=C2\C(=O)C(=O)N(c3ccc(Br)cc3)C2c2ccncc2)c(OC)c1Cl. The minimum Gasteiger partial charge on any atom is -0.507 e. The number of benzene rings is 2. The number of methoxy groups -OCH3 is 2. The summed E-state index contributed by atoms with van der Waals surface area (Å²) in [6.07, 6.45) is 3.08. The van der Waals surface area contributed by atoms with E-state index in [1.807, 2.05) is 0 Å². The van der Waals surface area contributed by atoms with Crippen molar-refractivity contribution in [1.29, 1.82) is 0 Å². The van der Waals surface area contributed by atoms with E-state index in [0.717, 1.165) is 4.47 Å². The van der Waals surface area contributed by atoms with Crippen molar-refractivity contribution in [1.82, 2.24) is 4.98 Å². The van der Waals surface area contributed by atoms with Gasteiger partial charge in [-0.05, 0) is 48.0 Å². The maximum Gasteiger partial charge on any atom is 0.300 e. The van der Waals surface area contributed by atoms with Gasteiger partial charge in [-0.15, -0.1) is 0 Å². The number of halogens is 3. The van der Waals surface area contributed by atoms with Gasteiger partial charge in [-0.3, -0.25) is 19.5 Å². The lowest BCUT2D eigenvalue weighted by atomic mass is 9.95. The Hall–Kier alpha value is -3.07. The van der Waals surface area contributed by atoms with Crippen LogP contribution in [0.1, 0.15) is 17.2 Å². The summed E-state index contributed by atoms with van der Waals surface area (Å²) < 4.78 is 11.4. The van der Waals surface area contributed by atoms with Crippen molar-refractivity contribution in [3.8, 4) is 11.5 Å². The van der Waals surface area contributed by atoms with Crippen LogP contribution < -0.4 is 14.4 Å². The molecule has 1 unspecified atom stereocenters. The van der Waals surface area contributed by atoms with E-state index in [9.17, 15) is 14.7 Å². The third kappa shape index (κ3) is 4.02. The van der Waals surface area contributed by atoms with E-state index in [-0.39, 0.29) is 32.7 Å². The zero-order chi connectivity index (χ0) is 24.6. The summed E-state index contributed by atoms with van der Waals surface area (Å²) in [5.74, 6) is -1.95.